The van der Waals surface area contributed by atoms with Crippen LogP contribution in [-0.2, 0) is 6.42 Å². The van der Waals surface area contributed by atoms with Crippen molar-refractivity contribution in [1.82, 2.24) is 14.6 Å². The molecule has 0 fully saturated rings. The van der Waals surface area contributed by atoms with Gasteiger partial charge in [0, 0.05) is 18.7 Å². The molecule has 0 aliphatic carbocycles. The first-order chi connectivity index (χ1) is 8.83. The maximum Gasteiger partial charge on any atom is 0.171 e. The number of nitriles is 1. The summed E-state index contributed by atoms with van der Waals surface area (Å²) in [4.78, 5) is 0. The Labute approximate surface area is 103 Å². The van der Waals surface area contributed by atoms with Crippen molar-refractivity contribution < 1.29 is 4.42 Å². The van der Waals surface area contributed by atoms with Crippen LogP contribution in [0.15, 0.2) is 35.1 Å². The van der Waals surface area contributed by atoms with E-state index in [0.29, 0.717) is 11.2 Å². The average Bonchev–Trinajstić information content (AvgIpc) is 3.03. The summed E-state index contributed by atoms with van der Waals surface area (Å²) in [7, 11) is 0. The summed E-state index contributed by atoms with van der Waals surface area (Å²) in [5, 5.41) is 17.1. The highest BCUT2D eigenvalue weighted by Crippen LogP contribution is 2.24. The number of rotatable bonds is 2. The number of furan rings is 1. The fraction of sp³-hybridized carbons (Fsp3) is 0.154. The highest BCUT2D eigenvalue weighted by Gasteiger charge is 2.13. The SMILES string of the molecule is CCc1occc1-c1nnc2cc(C#N)ccn12. The molecule has 0 N–H and O–H groups in total. The average molecular weight is 238 g/mol. The second-order valence-electron chi connectivity index (χ2n) is 3.89. The summed E-state index contributed by atoms with van der Waals surface area (Å²) >= 11 is 0. The molecular weight excluding hydrogens is 228 g/mol. The zero-order valence-electron chi connectivity index (χ0n) is 9.79. The molecule has 18 heavy (non-hydrogen) atoms. The van der Waals surface area contributed by atoms with Gasteiger partial charge in [-0.05, 0) is 12.1 Å². The van der Waals surface area contributed by atoms with Crippen LogP contribution in [-0.4, -0.2) is 14.6 Å². The van der Waals surface area contributed by atoms with Gasteiger partial charge in [0.1, 0.15) is 5.76 Å². The van der Waals surface area contributed by atoms with Crippen LogP contribution in [0.4, 0.5) is 0 Å². The van der Waals surface area contributed by atoms with Gasteiger partial charge in [0.2, 0.25) is 0 Å². The monoisotopic (exact) mass is 238 g/mol. The van der Waals surface area contributed by atoms with Crippen molar-refractivity contribution in [3.8, 4) is 17.5 Å². The second kappa shape index (κ2) is 4.00. The van der Waals surface area contributed by atoms with Crippen LogP contribution >= 0.6 is 0 Å². The second-order valence-corrected chi connectivity index (χ2v) is 3.89. The lowest BCUT2D eigenvalue weighted by molar-refractivity contribution is 0.517. The van der Waals surface area contributed by atoms with Crippen LogP contribution in [0.2, 0.25) is 0 Å². The summed E-state index contributed by atoms with van der Waals surface area (Å²) in [6, 6.07) is 7.42. The molecule has 0 unspecified atom stereocenters. The van der Waals surface area contributed by atoms with Crippen LogP contribution in [0, 0.1) is 11.3 Å². The van der Waals surface area contributed by atoms with Crippen molar-refractivity contribution in [3.05, 3.63) is 42.0 Å². The Bertz CT molecular complexity index is 748. The van der Waals surface area contributed by atoms with Gasteiger partial charge in [-0.3, -0.25) is 4.40 Å². The molecule has 0 amide bonds. The first kappa shape index (κ1) is 10.5. The molecule has 5 nitrogen and oxygen atoms in total. The zero-order chi connectivity index (χ0) is 12.5. The topological polar surface area (TPSA) is 67.1 Å². The number of aryl methyl sites for hydroxylation is 1. The Balaban J connectivity index is 2.22. The summed E-state index contributed by atoms with van der Waals surface area (Å²) in [6.45, 7) is 2.03. The lowest BCUT2D eigenvalue weighted by atomic mass is 10.2. The van der Waals surface area contributed by atoms with Gasteiger partial charge in [-0.25, -0.2) is 0 Å². The van der Waals surface area contributed by atoms with Gasteiger partial charge in [-0.2, -0.15) is 5.26 Å². The van der Waals surface area contributed by atoms with E-state index in [4.69, 9.17) is 9.68 Å². The number of aromatic nitrogens is 3. The third kappa shape index (κ3) is 1.47. The zero-order valence-corrected chi connectivity index (χ0v) is 9.79. The lowest BCUT2D eigenvalue weighted by Gasteiger charge is -1.99. The van der Waals surface area contributed by atoms with Crippen molar-refractivity contribution in [3.63, 3.8) is 0 Å². The molecule has 3 heterocycles. The van der Waals surface area contributed by atoms with E-state index in [1.54, 1.807) is 24.6 Å². The van der Waals surface area contributed by atoms with E-state index in [0.717, 1.165) is 23.6 Å². The van der Waals surface area contributed by atoms with Gasteiger partial charge in [-0.1, -0.05) is 6.92 Å². The Morgan fingerprint density at radius 1 is 1.39 bits per heavy atom. The normalized spacial score (nSPS) is 10.7. The van der Waals surface area contributed by atoms with Gasteiger partial charge in [-0.15, -0.1) is 10.2 Å². The summed E-state index contributed by atoms with van der Waals surface area (Å²) in [5.41, 5.74) is 2.17. The Morgan fingerprint density at radius 2 is 2.28 bits per heavy atom. The molecule has 3 aromatic heterocycles. The Hall–Kier alpha value is -2.61. The molecule has 0 atom stereocenters. The van der Waals surface area contributed by atoms with Gasteiger partial charge >= 0.3 is 0 Å². The van der Waals surface area contributed by atoms with E-state index in [1.807, 2.05) is 17.4 Å². The Morgan fingerprint density at radius 3 is 3.06 bits per heavy atom. The molecule has 0 radical (unpaired) electrons. The first-order valence-corrected chi connectivity index (χ1v) is 5.65. The number of hydrogen-bond acceptors (Lipinski definition) is 4. The van der Waals surface area contributed by atoms with Gasteiger partial charge in [0.25, 0.3) is 0 Å². The Kier molecular flexibility index (Phi) is 2.34. The fourth-order valence-electron chi connectivity index (χ4n) is 1.96. The highest BCUT2D eigenvalue weighted by atomic mass is 16.3. The molecule has 88 valence electrons. The van der Waals surface area contributed by atoms with Crippen molar-refractivity contribution in [2.45, 2.75) is 13.3 Å². The van der Waals surface area contributed by atoms with E-state index in [2.05, 4.69) is 16.3 Å². The standard InChI is InChI=1S/C13H10N4O/c1-2-11-10(4-6-18-11)13-16-15-12-7-9(8-14)3-5-17(12)13/h3-7H,2H2,1H3. The molecule has 5 heteroatoms. The van der Waals surface area contributed by atoms with Gasteiger partial charge in [0.05, 0.1) is 23.5 Å². The predicted octanol–water partition coefficient (Wildman–Crippen LogP) is 2.42. The van der Waals surface area contributed by atoms with Crippen molar-refractivity contribution in [1.29, 1.82) is 5.26 Å². The van der Waals surface area contributed by atoms with E-state index in [1.165, 1.54) is 0 Å². The summed E-state index contributed by atoms with van der Waals surface area (Å²) < 4.78 is 7.25. The van der Waals surface area contributed by atoms with Crippen LogP contribution in [0.1, 0.15) is 18.2 Å². The van der Waals surface area contributed by atoms with E-state index in [9.17, 15) is 0 Å². The molecule has 0 aromatic carbocycles. The van der Waals surface area contributed by atoms with Crippen LogP contribution in [0.25, 0.3) is 17.0 Å². The molecule has 0 spiro atoms. The molecular formula is C13H10N4O. The molecule has 3 aromatic rings. The molecule has 0 saturated heterocycles. The van der Waals surface area contributed by atoms with E-state index >= 15 is 0 Å². The molecule has 0 aliphatic rings. The molecule has 0 saturated carbocycles. The largest absolute Gasteiger partial charge is 0.469 e. The lowest BCUT2D eigenvalue weighted by Crippen LogP contribution is -1.91. The number of fused-ring (bicyclic) bond motifs is 1. The maximum absolute atomic E-state index is 8.85. The highest BCUT2D eigenvalue weighted by molar-refractivity contribution is 5.62. The quantitative estimate of drug-likeness (QED) is 0.687. The van der Waals surface area contributed by atoms with Crippen LogP contribution < -0.4 is 0 Å². The fourth-order valence-corrected chi connectivity index (χ4v) is 1.96. The van der Waals surface area contributed by atoms with Crippen molar-refractivity contribution >= 4 is 5.65 Å². The van der Waals surface area contributed by atoms with Gasteiger partial charge < -0.3 is 4.42 Å². The van der Waals surface area contributed by atoms with Crippen molar-refractivity contribution in [2.75, 3.05) is 0 Å². The third-order valence-corrected chi connectivity index (χ3v) is 2.85. The van der Waals surface area contributed by atoms with Crippen molar-refractivity contribution in [2.24, 2.45) is 0 Å². The smallest absolute Gasteiger partial charge is 0.171 e. The summed E-state index contributed by atoms with van der Waals surface area (Å²) in [5.74, 6) is 1.62. The van der Waals surface area contributed by atoms with Gasteiger partial charge in [0.15, 0.2) is 11.5 Å². The minimum atomic E-state index is 0.573. The third-order valence-electron chi connectivity index (χ3n) is 2.85. The first-order valence-electron chi connectivity index (χ1n) is 5.65. The minimum Gasteiger partial charge on any atom is -0.469 e. The summed E-state index contributed by atoms with van der Waals surface area (Å²) in [6.07, 6.45) is 4.25. The van der Waals surface area contributed by atoms with Crippen LogP contribution in [0.5, 0.6) is 0 Å². The number of pyridine rings is 1. The van der Waals surface area contributed by atoms with Crippen LogP contribution in [0.3, 0.4) is 0 Å². The van der Waals surface area contributed by atoms with E-state index < -0.39 is 0 Å². The molecule has 3 rings (SSSR count). The number of hydrogen-bond donors (Lipinski definition) is 0. The maximum atomic E-state index is 8.85. The van der Waals surface area contributed by atoms with E-state index in [-0.39, 0.29) is 0 Å². The minimum absolute atomic E-state index is 0.573. The number of nitrogens with zero attached hydrogens (tertiary/aromatic N) is 4. The molecule has 0 bridgehead atoms. The molecule has 0 aliphatic heterocycles. The predicted molar refractivity (Wildman–Crippen MR) is 64.8 cm³/mol.